The number of hydrogen-bond acceptors (Lipinski definition) is 6. The third kappa shape index (κ3) is 4.93. The van der Waals surface area contributed by atoms with E-state index < -0.39 is 5.91 Å². The zero-order chi connectivity index (χ0) is 25.1. The van der Waals surface area contributed by atoms with E-state index in [1.807, 2.05) is 36.7 Å². The fourth-order valence-corrected chi connectivity index (χ4v) is 5.04. The summed E-state index contributed by atoms with van der Waals surface area (Å²) in [4.78, 5) is 26.1. The highest BCUT2D eigenvalue weighted by Gasteiger charge is 2.21. The Morgan fingerprint density at radius 1 is 1.08 bits per heavy atom. The zero-order valence-corrected chi connectivity index (χ0v) is 20.4. The van der Waals surface area contributed by atoms with Crippen LogP contribution in [0.25, 0.3) is 33.3 Å². The van der Waals surface area contributed by atoms with E-state index in [4.69, 9.17) is 15.7 Å². The van der Waals surface area contributed by atoms with E-state index in [-0.39, 0.29) is 12.1 Å². The number of aromatic nitrogens is 3. The molecule has 4 N–H and O–H groups in total. The molecule has 36 heavy (non-hydrogen) atoms. The molecule has 7 heteroatoms. The van der Waals surface area contributed by atoms with Gasteiger partial charge >= 0.3 is 0 Å². The predicted molar refractivity (Wildman–Crippen MR) is 143 cm³/mol. The van der Waals surface area contributed by atoms with Gasteiger partial charge in [0.15, 0.2) is 0 Å². The van der Waals surface area contributed by atoms with Crippen LogP contribution in [0.15, 0.2) is 61.1 Å². The summed E-state index contributed by atoms with van der Waals surface area (Å²) in [6, 6.07) is 13.9. The van der Waals surface area contributed by atoms with E-state index in [9.17, 15) is 9.90 Å². The van der Waals surface area contributed by atoms with Crippen molar-refractivity contribution in [2.75, 3.05) is 5.32 Å². The van der Waals surface area contributed by atoms with Crippen LogP contribution in [0.5, 0.6) is 0 Å². The quantitative estimate of drug-likeness (QED) is 0.337. The summed E-state index contributed by atoms with van der Waals surface area (Å²) in [5, 5.41) is 15.4. The molecule has 2 aromatic carbocycles. The van der Waals surface area contributed by atoms with Gasteiger partial charge in [-0.05, 0) is 55.7 Å². The van der Waals surface area contributed by atoms with Gasteiger partial charge in [-0.3, -0.25) is 14.8 Å². The molecule has 0 unspecified atom stereocenters. The van der Waals surface area contributed by atoms with E-state index in [1.54, 1.807) is 12.3 Å². The van der Waals surface area contributed by atoms with Gasteiger partial charge in [0.2, 0.25) is 0 Å². The van der Waals surface area contributed by atoms with Crippen LogP contribution in [0.3, 0.4) is 0 Å². The number of anilines is 1. The number of fused-ring (bicyclic) bond motifs is 1. The van der Waals surface area contributed by atoms with E-state index in [0.29, 0.717) is 11.3 Å². The average molecular weight is 482 g/mol. The first kappa shape index (κ1) is 23.9. The lowest BCUT2D eigenvalue weighted by atomic mass is 9.92. The fraction of sp³-hybridized carbons (Fsp3) is 0.310. The van der Waals surface area contributed by atoms with Gasteiger partial charge in [0, 0.05) is 40.6 Å². The zero-order valence-electron chi connectivity index (χ0n) is 20.4. The molecule has 0 spiro atoms. The molecule has 0 radical (unpaired) electrons. The number of nitrogens with one attached hydrogen (secondary N) is 1. The van der Waals surface area contributed by atoms with Gasteiger partial charge in [0.1, 0.15) is 0 Å². The van der Waals surface area contributed by atoms with E-state index in [2.05, 4.69) is 29.4 Å². The van der Waals surface area contributed by atoms with E-state index in [1.165, 1.54) is 0 Å². The largest absolute Gasteiger partial charge is 0.393 e. The lowest BCUT2D eigenvalue weighted by Crippen LogP contribution is -2.29. The first-order valence-corrected chi connectivity index (χ1v) is 12.6. The van der Waals surface area contributed by atoms with Crippen molar-refractivity contribution >= 4 is 22.4 Å². The monoisotopic (exact) mass is 481 g/mol. The Morgan fingerprint density at radius 2 is 1.92 bits per heavy atom. The number of aliphatic hydroxyl groups excluding tert-OH is 1. The van der Waals surface area contributed by atoms with Gasteiger partial charge < -0.3 is 16.2 Å². The highest BCUT2D eigenvalue weighted by Crippen LogP contribution is 2.35. The van der Waals surface area contributed by atoms with Crippen molar-refractivity contribution in [3.63, 3.8) is 0 Å². The number of nitrogens with zero attached hydrogens (tertiary/aromatic N) is 3. The molecule has 0 bridgehead atoms. The summed E-state index contributed by atoms with van der Waals surface area (Å²) in [6.45, 7) is 2.13. The molecule has 1 saturated carbocycles. The second-order valence-electron chi connectivity index (χ2n) is 9.48. The van der Waals surface area contributed by atoms with Crippen molar-refractivity contribution < 1.29 is 9.90 Å². The van der Waals surface area contributed by atoms with Gasteiger partial charge in [0.05, 0.1) is 34.9 Å². The van der Waals surface area contributed by atoms with Crippen LogP contribution >= 0.6 is 0 Å². The van der Waals surface area contributed by atoms with Crippen LogP contribution in [0.2, 0.25) is 0 Å². The summed E-state index contributed by atoms with van der Waals surface area (Å²) < 4.78 is 0. The van der Waals surface area contributed by atoms with Gasteiger partial charge in [-0.15, -0.1) is 0 Å². The standard InChI is InChI=1S/C29H31N5O2/c1-2-4-20-16-31-17-27(34-20)23-5-3-6-24-22(23)13-14-32-28(24)18-7-12-25(29(30)36)26(15-18)33-19-8-10-21(35)11-9-19/h3,5-7,12-17,19,21,33,35H,2,4,8-11H2,1H3,(H2,30,36). The summed E-state index contributed by atoms with van der Waals surface area (Å²) >= 11 is 0. The third-order valence-electron chi connectivity index (χ3n) is 6.89. The SMILES string of the molecule is CCCc1cncc(-c2cccc3c(-c4ccc(C(N)=O)c(NC5CCC(O)CC5)c4)nccc23)n1. The maximum atomic E-state index is 12.2. The second-order valence-corrected chi connectivity index (χ2v) is 9.48. The minimum absolute atomic E-state index is 0.183. The normalized spacial score (nSPS) is 17.7. The molecule has 1 fully saturated rings. The van der Waals surface area contributed by atoms with Crippen LogP contribution in [0, 0.1) is 0 Å². The first-order valence-electron chi connectivity index (χ1n) is 12.6. The van der Waals surface area contributed by atoms with Crippen molar-refractivity contribution in [1.29, 1.82) is 0 Å². The lowest BCUT2D eigenvalue weighted by molar-refractivity contribution is 0.100. The third-order valence-corrected chi connectivity index (χ3v) is 6.89. The Hall–Kier alpha value is -3.84. The maximum Gasteiger partial charge on any atom is 0.250 e. The molecule has 184 valence electrons. The summed E-state index contributed by atoms with van der Waals surface area (Å²) in [5.74, 6) is -0.474. The molecule has 1 aliphatic carbocycles. The summed E-state index contributed by atoms with van der Waals surface area (Å²) in [7, 11) is 0. The van der Waals surface area contributed by atoms with Gasteiger partial charge in [-0.25, -0.2) is 4.98 Å². The number of hydrogen-bond donors (Lipinski definition) is 3. The molecule has 2 heterocycles. The second kappa shape index (κ2) is 10.4. The summed E-state index contributed by atoms with van der Waals surface area (Å²) in [6.07, 6.45) is 10.3. The molecule has 7 nitrogen and oxygen atoms in total. The smallest absolute Gasteiger partial charge is 0.250 e. The Labute approximate surface area is 210 Å². The van der Waals surface area contributed by atoms with E-state index in [0.717, 1.165) is 77.5 Å². The molecule has 0 aliphatic heterocycles. The maximum absolute atomic E-state index is 12.2. The number of carbonyl (C=O) groups excluding carboxylic acids is 1. The molecule has 5 rings (SSSR count). The van der Waals surface area contributed by atoms with E-state index >= 15 is 0 Å². The molecule has 2 aromatic heterocycles. The van der Waals surface area contributed by atoms with Crippen molar-refractivity contribution in [3.8, 4) is 22.5 Å². The number of carbonyl (C=O) groups is 1. The molecular weight excluding hydrogens is 450 g/mol. The van der Waals surface area contributed by atoms with Crippen LogP contribution < -0.4 is 11.1 Å². The number of amides is 1. The molecule has 1 aliphatic rings. The molecule has 0 saturated heterocycles. The highest BCUT2D eigenvalue weighted by molar-refractivity contribution is 6.04. The number of aryl methyl sites for hydroxylation is 1. The molecular formula is C29H31N5O2. The number of rotatable bonds is 7. The Kier molecular flexibility index (Phi) is 6.91. The fourth-order valence-electron chi connectivity index (χ4n) is 5.04. The number of aliphatic hydroxyl groups is 1. The van der Waals surface area contributed by atoms with Gasteiger partial charge in [-0.1, -0.05) is 37.6 Å². The predicted octanol–water partition coefficient (Wildman–Crippen LogP) is 5.13. The van der Waals surface area contributed by atoms with Crippen molar-refractivity contribution in [2.24, 2.45) is 5.73 Å². The topological polar surface area (TPSA) is 114 Å². The van der Waals surface area contributed by atoms with Crippen LogP contribution in [0.1, 0.15) is 55.1 Å². The molecule has 0 atom stereocenters. The summed E-state index contributed by atoms with van der Waals surface area (Å²) in [5.41, 5.74) is 11.4. The minimum atomic E-state index is -0.474. The van der Waals surface area contributed by atoms with Crippen molar-refractivity contribution in [1.82, 2.24) is 15.0 Å². The number of primary amides is 1. The Morgan fingerprint density at radius 3 is 2.69 bits per heavy atom. The first-order chi connectivity index (χ1) is 17.5. The number of nitrogens with two attached hydrogens (primary N) is 1. The average Bonchev–Trinajstić information content (AvgIpc) is 2.89. The van der Waals surface area contributed by atoms with Crippen molar-refractivity contribution in [3.05, 3.63) is 72.3 Å². The van der Waals surface area contributed by atoms with Crippen LogP contribution in [-0.4, -0.2) is 38.1 Å². The highest BCUT2D eigenvalue weighted by atomic mass is 16.3. The molecule has 4 aromatic rings. The number of benzene rings is 2. The Bertz CT molecular complexity index is 1400. The number of pyridine rings is 1. The van der Waals surface area contributed by atoms with Crippen LogP contribution in [-0.2, 0) is 6.42 Å². The lowest BCUT2D eigenvalue weighted by Gasteiger charge is -2.28. The minimum Gasteiger partial charge on any atom is -0.393 e. The van der Waals surface area contributed by atoms with Gasteiger partial charge in [0.25, 0.3) is 5.91 Å². The Balaban J connectivity index is 1.56. The van der Waals surface area contributed by atoms with Gasteiger partial charge in [-0.2, -0.15) is 0 Å². The molecule has 1 amide bonds. The van der Waals surface area contributed by atoms with Crippen molar-refractivity contribution in [2.45, 2.75) is 57.6 Å². The van der Waals surface area contributed by atoms with Crippen LogP contribution in [0.4, 0.5) is 5.69 Å².